The van der Waals surface area contributed by atoms with Gasteiger partial charge in [-0.2, -0.15) is 0 Å². The normalized spacial score (nSPS) is 13.9. The first-order valence-corrected chi connectivity index (χ1v) is 11.8. The predicted octanol–water partition coefficient (Wildman–Crippen LogP) is 6.27. The van der Waals surface area contributed by atoms with E-state index in [1.54, 1.807) is 23.1 Å². The molecule has 0 aliphatic carbocycles. The van der Waals surface area contributed by atoms with Crippen LogP contribution in [0.5, 0.6) is 0 Å². The van der Waals surface area contributed by atoms with Crippen LogP contribution in [0.4, 0.5) is 16.3 Å². The van der Waals surface area contributed by atoms with Crippen LogP contribution in [-0.4, -0.2) is 47.1 Å². The van der Waals surface area contributed by atoms with Gasteiger partial charge in [0.1, 0.15) is 5.82 Å². The van der Waals surface area contributed by atoms with Crippen LogP contribution in [0.25, 0.3) is 22.3 Å². The van der Waals surface area contributed by atoms with Gasteiger partial charge in [0.25, 0.3) is 0 Å². The van der Waals surface area contributed by atoms with E-state index in [1.165, 1.54) is 5.56 Å². The van der Waals surface area contributed by atoms with Crippen LogP contribution in [0, 0.1) is 6.92 Å². The van der Waals surface area contributed by atoms with Gasteiger partial charge in [0.05, 0.1) is 16.2 Å². The summed E-state index contributed by atoms with van der Waals surface area (Å²) in [4.78, 5) is 26.6. The second-order valence-corrected chi connectivity index (χ2v) is 9.13. The zero-order chi connectivity index (χ0) is 23.7. The van der Waals surface area contributed by atoms with Crippen LogP contribution in [0.15, 0.2) is 66.7 Å². The highest BCUT2D eigenvalue weighted by molar-refractivity contribution is 6.36. The molecule has 0 spiro atoms. The number of nitrogens with one attached hydrogen (secondary N) is 1. The van der Waals surface area contributed by atoms with Crippen molar-refractivity contribution in [2.75, 3.05) is 36.4 Å². The Morgan fingerprint density at radius 2 is 1.65 bits per heavy atom. The van der Waals surface area contributed by atoms with E-state index in [2.05, 4.69) is 29.3 Å². The number of rotatable bonds is 3. The maximum atomic E-state index is 12.8. The minimum Gasteiger partial charge on any atom is -0.352 e. The van der Waals surface area contributed by atoms with Gasteiger partial charge < -0.3 is 15.1 Å². The highest BCUT2D eigenvalue weighted by atomic mass is 35.5. The third kappa shape index (κ3) is 4.65. The molecule has 2 heterocycles. The Kier molecular flexibility index (Phi) is 6.26. The van der Waals surface area contributed by atoms with Crippen molar-refractivity contribution < 1.29 is 4.79 Å². The molecule has 0 unspecified atom stereocenters. The first-order valence-electron chi connectivity index (χ1n) is 11.1. The molecule has 1 aliphatic rings. The van der Waals surface area contributed by atoms with Gasteiger partial charge >= 0.3 is 6.03 Å². The molecule has 5 rings (SSSR count). The molecule has 2 amide bonds. The molecule has 0 saturated carbocycles. The average Bonchev–Trinajstić information content (AvgIpc) is 2.85. The number of piperazine rings is 1. The Morgan fingerprint density at radius 3 is 2.38 bits per heavy atom. The number of carbonyl (C=O) groups excluding carboxylic acids is 1. The zero-order valence-electron chi connectivity index (χ0n) is 18.6. The summed E-state index contributed by atoms with van der Waals surface area (Å²) in [6.45, 7) is 4.52. The molecule has 0 atom stereocenters. The van der Waals surface area contributed by atoms with Gasteiger partial charge in [-0.15, -0.1) is 0 Å². The lowest BCUT2D eigenvalue weighted by Gasteiger charge is -2.36. The van der Waals surface area contributed by atoms with Gasteiger partial charge in [0, 0.05) is 42.2 Å². The molecule has 3 aromatic carbocycles. The van der Waals surface area contributed by atoms with Crippen LogP contribution < -0.4 is 10.2 Å². The van der Waals surface area contributed by atoms with Crippen molar-refractivity contribution in [1.29, 1.82) is 0 Å². The lowest BCUT2D eigenvalue weighted by atomic mass is 10.1. The highest BCUT2D eigenvalue weighted by Gasteiger charge is 2.24. The first-order chi connectivity index (χ1) is 16.5. The third-order valence-electron chi connectivity index (χ3n) is 5.93. The minimum absolute atomic E-state index is 0.184. The van der Waals surface area contributed by atoms with E-state index in [1.807, 2.05) is 36.4 Å². The van der Waals surface area contributed by atoms with Crippen molar-refractivity contribution in [3.8, 4) is 11.4 Å². The Bertz CT molecular complexity index is 1350. The topological polar surface area (TPSA) is 61.4 Å². The monoisotopic (exact) mass is 491 g/mol. The van der Waals surface area contributed by atoms with E-state index in [0.29, 0.717) is 47.7 Å². The number of hydrogen-bond donors (Lipinski definition) is 1. The predicted molar refractivity (Wildman–Crippen MR) is 139 cm³/mol. The van der Waals surface area contributed by atoms with Gasteiger partial charge in [-0.05, 0) is 37.3 Å². The van der Waals surface area contributed by atoms with Crippen molar-refractivity contribution >= 4 is 51.6 Å². The van der Waals surface area contributed by atoms with Gasteiger partial charge in [0.15, 0.2) is 5.82 Å². The molecule has 8 heteroatoms. The number of anilines is 2. The maximum absolute atomic E-state index is 12.8. The minimum atomic E-state index is -0.184. The second kappa shape index (κ2) is 9.49. The zero-order valence-corrected chi connectivity index (χ0v) is 20.1. The SMILES string of the molecule is Cc1ccc(-c2nc(N3CCN(C(=O)Nc4ccc(Cl)cc4Cl)CC3)c3ccccc3n2)cc1. The number of para-hydroxylation sites is 1. The molecule has 0 bridgehead atoms. The van der Waals surface area contributed by atoms with Gasteiger partial charge in [-0.1, -0.05) is 65.2 Å². The fourth-order valence-corrected chi connectivity index (χ4v) is 4.49. The van der Waals surface area contributed by atoms with E-state index >= 15 is 0 Å². The number of aromatic nitrogens is 2. The fraction of sp³-hybridized carbons (Fsp3) is 0.192. The third-order valence-corrected chi connectivity index (χ3v) is 6.48. The Morgan fingerprint density at radius 1 is 0.912 bits per heavy atom. The van der Waals surface area contributed by atoms with E-state index in [4.69, 9.17) is 33.2 Å². The standard InChI is InChI=1S/C26H23Cl2N5O/c1-17-6-8-18(9-7-17)24-29-22-5-3-2-4-20(22)25(31-24)32-12-14-33(15-13-32)26(34)30-23-11-10-19(27)16-21(23)28/h2-11,16H,12-15H2,1H3,(H,30,34). The molecule has 1 N–H and O–H groups in total. The summed E-state index contributed by atoms with van der Waals surface area (Å²) in [7, 11) is 0. The summed E-state index contributed by atoms with van der Waals surface area (Å²) in [5.74, 6) is 1.59. The van der Waals surface area contributed by atoms with E-state index < -0.39 is 0 Å². The summed E-state index contributed by atoms with van der Waals surface area (Å²) in [6.07, 6.45) is 0. The average molecular weight is 492 g/mol. The Balaban J connectivity index is 1.36. The number of halogens is 2. The number of fused-ring (bicyclic) bond motifs is 1. The first kappa shape index (κ1) is 22.4. The van der Waals surface area contributed by atoms with Gasteiger partial charge in [-0.3, -0.25) is 0 Å². The molecular weight excluding hydrogens is 469 g/mol. The molecule has 1 fully saturated rings. The molecule has 6 nitrogen and oxygen atoms in total. The van der Waals surface area contributed by atoms with Gasteiger partial charge in [0.2, 0.25) is 0 Å². The molecule has 1 aliphatic heterocycles. The highest BCUT2D eigenvalue weighted by Crippen LogP contribution is 2.29. The van der Waals surface area contributed by atoms with Crippen LogP contribution in [0.1, 0.15) is 5.56 Å². The molecule has 1 saturated heterocycles. The van der Waals surface area contributed by atoms with Crippen LogP contribution in [0.2, 0.25) is 10.0 Å². The molecule has 34 heavy (non-hydrogen) atoms. The second-order valence-electron chi connectivity index (χ2n) is 8.28. The lowest BCUT2D eigenvalue weighted by Crippen LogP contribution is -2.50. The van der Waals surface area contributed by atoms with Crippen molar-refractivity contribution in [2.45, 2.75) is 6.92 Å². The molecule has 0 radical (unpaired) electrons. The summed E-state index contributed by atoms with van der Waals surface area (Å²) in [5, 5.41) is 4.82. The van der Waals surface area contributed by atoms with Crippen molar-refractivity contribution in [3.05, 3.63) is 82.3 Å². The number of hydrogen-bond acceptors (Lipinski definition) is 4. The van der Waals surface area contributed by atoms with Crippen LogP contribution in [-0.2, 0) is 0 Å². The summed E-state index contributed by atoms with van der Waals surface area (Å²) >= 11 is 12.2. The fourth-order valence-electron chi connectivity index (χ4n) is 4.04. The number of amides is 2. The summed E-state index contributed by atoms with van der Waals surface area (Å²) in [5.41, 5.74) is 3.62. The molecule has 172 valence electrons. The summed E-state index contributed by atoms with van der Waals surface area (Å²) in [6, 6.07) is 21.1. The van der Waals surface area contributed by atoms with Crippen LogP contribution >= 0.6 is 23.2 Å². The quantitative estimate of drug-likeness (QED) is 0.367. The van der Waals surface area contributed by atoms with Gasteiger partial charge in [-0.25, -0.2) is 14.8 Å². The maximum Gasteiger partial charge on any atom is 0.322 e. The number of benzene rings is 3. The van der Waals surface area contributed by atoms with Crippen LogP contribution in [0.3, 0.4) is 0 Å². The lowest BCUT2D eigenvalue weighted by molar-refractivity contribution is 0.208. The van der Waals surface area contributed by atoms with Crippen molar-refractivity contribution in [3.63, 3.8) is 0 Å². The van der Waals surface area contributed by atoms with E-state index in [-0.39, 0.29) is 6.03 Å². The van der Waals surface area contributed by atoms with E-state index in [9.17, 15) is 4.79 Å². The van der Waals surface area contributed by atoms with Crippen molar-refractivity contribution in [1.82, 2.24) is 14.9 Å². The molecular formula is C26H23Cl2N5O. The number of nitrogens with zero attached hydrogens (tertiary/aromatic N) is 4. The smallest absolute Gasteiger partial charge is 0.322 e. The molecule has 1 aromatic heterocycles. The molecule has 4 aromatic rings. The summed E-state index contributed by atoms with van der Waals surface area (Å²) < 4.78 is 0. The number of urea groups is 1. The Hall–Kier alpha value is -3.35. The number of carbonyl (C=O) groups is 1. The van der Waals surface area contributed by atoms with E-state index in [0.717, 1.165) is 22.3 Å². The number of aryl methyl sites for hydroxylation is 1. The van der Waals surface area contributed by atoms with Crippen molar-refractivity contribution in [2.24, 2.45) is 0 Å². The Labute approximate surface area is 208 Å². The largest absolute Gasteiger partial charge is 0.352 e.